The summed E-state index contributed by atoms with van der Waals surface area (Å²) >= 11 is 0. The van der Waals surface area contributed by atoms with E-state index in [0.29, 0.717) is 24.1 Å². The highest BCUT2D eigenvalue weighted by molar-refractivity contribution is 6.37. The van der Waals surface area contributed by atoms with Crippen molar-refractivity contribution in [1.82, 2.24) is 0 Å². The molecule has 2 aromatic rings. The molecule has 1 aliphatic rings. The number of para-hydroxylation sites is 1. The first-order chi connectivity index (χ1) is 13.5. The summed E-state index contributed by atoms with van der Waals surface area (Å²) < 4.78 is 9.67. The Hall–Kier alpha value is -3.19. The van der Waals surface area contributed by atoms with Crippen LogP contribution in [0.2, 0.25) is 0 Å². The van der Waals surface area contributed by atoms with Gasteiger partial charge in [-0.2, -0.15) is 5.10 Å². The molecule has 0 radical (unpaired) electrons. The highest BCUT2D eigenvalue weighted by Crippen LogP contribution is 2.33. The molecule has 0 amide bonds. The van der Waals surface area contributed by atoms with Gasteiger partial charge in [0.1, 0.15) is 5.71 Å². The maximum Gasteiger partial charge on any atom is 0.354 e. The Kier molecular flexibility index (Phi) is 6.06. The average molecular weight is 382 g/mol. The number of carbonyl (C=O) groups is 2. The second-order valence-corrected chi connectivity index (χ2v) is 6.41. The number of esters is 2. The van der Waals surface area contributed by atoms with E-state index in [9.17, 15) is 14.7 Å². The summed E-state index contributed by atoms with van der Waals surface area (Å²) in [5.74, 6) is -1.03. The van der Waals surface area contributed by atoms with Crippen molar-refractivity contribution in [2.45, 2.75) is 25.0 Å². The molecule has 0 aliphatic carbocycles. The molecule has 146 valence electrons. The first kappa shape index (κ1) is 19.6. The third-order valence-electron chi connectivity index (χ3n) is 4.66. The Morgan fingerprint density at radius 2 is 1.71 bits per heavy atom. The average Bonchev–Trinajstić information content (AvgIpc) is 3.16. The number of anilines is 1. The molecule has 3 rings (SSSR count). The van der Waals surface area contributed by atoms with Gasteiger partial charge in [-0.05, 0) is 17.7 Å². The van der Waals surface area contributed by atoms with Crippen LogP contribution in [0.15, 0.2) is 59.7 Å². The third kappa shape index (κ3) is 4.04. The molecule has 2 aromatic carbocycles. The highest BCUT2D eigenvalue weighted by Gasteiger charge is 2.35. The number of benzene rings is 2. The van der Waals surface area contributed by atoms with E-state index < -0.39 is 18.0 Å². The summed E-state index contributed by atoms with van der Waals surface area (Å²) in [5, 5.41) is 16.7. The second-order valence-electron chi connectivity index (χ2n) is 6.41. The number of methoxy groups -OCH3 is 2. The summed E-state index contributed by atoms with van der Waals surface area (Å²) in [4.78, 5) is 24.2. The Balaban J connectivity index is 1.94. The molecule has 0 saturated heterocycles. The Morgan fingerprint density at radius 1 is 1.07 bits per heavy atom. The molecule has 0 saturated carbocycles. The Bertz CT molecular complexity index is 881. The van der Waals surface area contributed by atoms with Crippen LogP contribution in [0, 0.1) is 0 Å². The zero-order valence-electron chi connectivity index (χ0n) is 15.7. The fourth-order valence-electron chi connectivity index (χ4n) is 3.26. The predicted octanol–water partition coefficient (Wildman–Crippen LogP) is 2.70. The monoisotopic (exact) mass is 382 g/mol. The first-order valence-electron chi connectivity index (χ1n) is 8.90. The molecular formula is C21H22N2O5. The van der Waals surface area contributed by atoms with Crippen LogP contribution >= 0.6 is 0 Å². The van der Waals surface area contributed by atoms with E-state index in [0.717, 1.165) is 5.56 Å². The number of hydrogen-bond acceptors (Lipinski definition) is 7. The molecule has 2 atom stereocenters. The number of ether oxygens (including phenoxy) is 2. The van der Waals surface area contributed by atoms with Crippen molar-refractivity contribution in [3.63, 3.8) is 0 Å². The molecule has 0 aromatic heterocycles. The van der Waals surface area contributed by atoms with Crippen LogP contribution in [-0.4, -0.2) is 43.0 Å². The largest absolute Gasteiger partial charge is 0.465 e. The molecule has 1 N–H and O–H groups in total. The zero-order chi connectivity index (χ0) is 20.1. The van der Waals surface area contributed by atoms with Gasteiger partial charge in [0.15, 0.2) is 0 Å². The summed E-state index contributed by atoms with van der Waals surface area (Å²) in [5.41, 5.74) is 1.86. The van der Waals surface area contributed by atoms with Gasteiger partial charge in [-0.25, -0.2) is 9.59 Å². The lowest BCUT2D eigenvalue weighted by molar-refractivity contribution is -0.132. The maximum atomic E-state index is 12.2. The SMILES string of the molecule is COC(=O)C1=NN(c2ccccc2C(=O)OC)[C@H](CC(O)c2ccccc2)C1. The third-order valence-corrected chi connectivity index (χ3v) is 4.66. The van der Waals surface area contributed by atoms with Gasteiger partial charge >= 0.3 is 11.9 Å². The molecule has 28 heavy (non-hydrogen) atoms. The normalized spacial score (nSPS) is 17.0. The van der Waals surface area contributed by atoms with Crippen molar-refractivity contribution in [3.05, 3.63) is 65.7 Å². The van der Waals surface area contributed by atoms with Gasteiger partial charge in [-0.3, -0.25) is 5.01 Å². The van der Waals surface area contributed by atoms with E-state index in [1.165, 1.54) is 14.2 Å². The van der Waals surface area contributed by atoms with E-state index in [1.807, 2.05) is 30.3 Å². The van der Waals surface area contributed by atoms with Crippen molar-refractivity contribution < 1.29 is 24.2 Å². The van der Waals surface area contributed by atoms with Gasteiger partial charge in [0, 0.05) is 12.8 Å². The standard InChI is InChI=1S/C21H22N2O5/c1-27-20(25)16-10-6-7-11-18(16)23-15(12-17(22-23)21(26)28-2)13-19(24)14-8-4-3-5-9-14/h3-11,15,19,24H,12-13H2,1-2H3/t15-,19?/m0/s1. The van der Waals surface area contributed by atoms with E-state index in [2.05, 4.69) is 5.10 Å². The lowest BCUT2D eigenvalue weighted by Crippen LogP contribution is -2.30. The van der Waals surface area contributed by atoms with Crippen LogP contribution in [0.1, 0.15) is 34.9 Å². The van der Waals surface area contributed by atoms with Gasteiger partial charge in [0.2, 0.25) is 0 Å². The zero-order valence-corrected chi connectivity index (χ0v) is 15.7. The summed E-state index contributed by atoms with van der Waals surface area (Å²) in [7, 11) is 2.60. The number of rotatable bonds is 6. The fraction of sp³-hybridized carbons (Fsp3) is 0.286. The molecule has 7 heteroatoms. The lowest BCUT2D eigenvalue weighted by Gasteiger charge is -2.27. The van der Waals surface area contributed by atoms with Gasteiger partial charge in [-0.15, -0.1) is 0 Å². The molecule has 0 spiro atoms. The predicted molar refractivity (Wildman–Crippen MR) is 104 cm³/mol. The van der Waals surface area contributed by atoms with Crippen molar-refractivity contribution in [2.75, 3.05) is 19.2 Å². The molecular weight excluding hydrogens is 360 g/mol. The Labute approximate surface area is 163 Å². The minimum atomic E-state index is -0.744. The van der Waals surface area contributed by atoms with Crippen LogP contribution in [0.4, 0.5) is 5.69 Å². The minimum absolute atomic E-state index is 0.243. The van der Waals surface area contributed by atoms with Crippen molar-refractivity contribution in [3.8, 4) is 0 Å². The summed E-state index contributed by atoms with van der Waals surface area (Å²) in [6.07, 6.45) is -0.124. The smallest absolute Gasteiger partial charge is 0.354 e. The van der Waals surface area contributed by atoms with Gasteiger partial charge < -0.3 is 14.6 Å². The molecule has 0 fully saturated rings. The van der Waals surface area contributed by atoms with Gasteiger partial charge in [0.25, 0.3) is 0 Å². The Morgan fingerprint density at radius 3 is 2.39 bits per heavy atom. The van der Waals surface area contributed by atoms with Crippen LogP contribution < -0.4 is 5.01 Å². The second kappa shape index (κ2) is 8.67. The topological polar surface area (TPSA) is 88.4 Å². The number of aliphatic hydroxyl groups excluding tert-OH is 1. The van der Waals surface area contributed by atoms with Crippen LogP contribution in [0.5, 0.6) is 0 Å². The van der Waals surface area contributed by atoms with Crippen molar-refractivity contribution >= 4 is 23.3 Å². The molecule has 1 heterocycles. The number of nitrogens with zero attached hydrogens (tertiary/aromatic N) is 2. The molecule has 0 bridgehead atoms. The summed E-state index contributed by atoms with van der Waals surface area (Å²) in [6.45, 7) is 0. The van der Waals surface area contributed by atoms with Crippen molar-refractivity contribution in [2.24, 2.45) is 5.10 Å². The van der Waals surface area contributed by atoms with Crippen molar-refractivity contribution in [1.29, 1.82) is 0 Å². The number of hydrazone groups is 1. The molecule has 7 nitrogen and oxygen atoms in total. The maximum absolute atomic E-state index is 12.2. The van der Waals surface area contributed by atoms with E-state index in [1.54, 1.807) is 29.3 Å². The fourth-order valence-corrected chi connectivity index (χ4v) is 3.26. The molecule has 1 aliphatic heterocycles. The van der Waals surface area contributed by atoms with Crippen LogP contribution in [0.25, 0.3) is 0 Å². The van der Waals surface area contributed by atoms with E-state index >= 15 is 0 Å². The molecule has 1 unspecified atom stereocenters. The first-order valence-corrected chi connectivity index (χ1v) is 8.90. The number of aliphatic hydroxyl groups is 1. The van der Waals surface area contributed by atoms with Crippen LogP contribution in [0.3, 0.4) is 0 Å². The van der Waals surface area contributed by atoms with Crippen LogP contribution in [-0.2, 0) is 14.3 Å². The number of hydrogen-bond donors (Lipinski definition) is 1. The highest BCUT2D eigenvalue weighted by atomic mass is 16.5. The van der Waals surface area contributed by atoms with E-state index in [4.69, 9.17) is 9.47 Å². The van der Waals surface area contributed by atoms with Gasteiger partial charge in [-0.1, -0.05) is 42.5 Å². The van der Waals surface area contributed by atoms with Gasteiger partial charge in [0.05, 0.1) is 37.6 Å². The quantitative estimate of drug-likeness (QED) is 0.773. The van der Waals surface area contributed by atoms with E-state index in [-0.39, 0.29) is 11.8 Å². The lowest BCUT2D eigenvalue weighted by atomic mass is 9.98. The summed E-state index contributed by atoms with van der Waals surface area (Å²) in [6, 6.07) is 15.8. The minimum Gasteiger partial charge on any atom is -0.465 e. The number of carbonyl (C=O) groups excluding carboxylic acids is 2.